The van der Waals surface area contributed by atoms with Crippen LogP contribution in [0.2, 0.25) is 5.02 Å². The summed E-state index contributed by atoms with van der Waals surface area (Å²) in [6.45, 7) is 3.96. The maximum absolute atomic E-state index is 12.4. The number of aromatic nitrogens is 2. The minimum Gasteiger partial charge on any atom is -0.322 e. The standard InChI is InChI=1S/C18H16ClN3O/c1-12-3-4-13(2)17(9-12)21-18(23)14-10-20-22(11-14)16-7-5-15(19)6-8-16/h3-11H,1-2H3,(H,21,23). The van der Waals surface area contributed by atoms with E-state index in [1.54, 1.807) is 29.2 Å². The SMILES string of the molecule is Cc1ccc(C)c(NC(=O)c2cnn(-c3ccc(Cl)cc3)c2)c1. The van der Waals surface area contributed by atoms with Crippen molar-refractivity contribution in [3.8, 4) is 5.69 Å². The molecule has 1 N–H and O–H groups in total. The van der Waals surface area contributed by atoms with Crippen LogP contribution in [0.15, 0.2) is 54.9 Å². The minimum atomic E-state index is -0.182. The van der Waals surface area contributed by atoms with Crippen molar-refractivity contribution in [2.24, 2.45) is 0 Å². The Balaban J connectivity index is 1.81. The molecule has 0 aliphatic carbocycles. The summed E-state index contributed by atoms with van der Waals surface area (Å²) in [5, 5.41) is 7.82. The lowest BCUT2D eigenvalue weighted by molar-refractivity contribution is 0.102. The second kappa shape index (κ2) is 6.26. The molecule has 5 heteroatoms. The first-order chi connectivity index (χ1) is 11.0. The Labute approximate surface area is 139 Å². The van der Waals surface area contributed by atoms with Crippen molar-refractivity contribution in [1.29, 1.82) is 0 Å². The lowest BCUT2D eigenvalue weighted by Crippen LogP contribution is -2.12. The maximum atomic E-state index is 12.4. The molecule has 0 bridgehead atoms. The van der Waals surface area contributed by atoms with Gasteiger partial charge in [0.05, 0.1) is 17.4 Å². The quantitative estimate of drug-likeness (QED) is 0.776. The molecular formula is C18H16ClN3O. The Kier molecular flexibility index (Phi) is 4.17. The van der Waals surface area contributed by atoms with Crippen LogP contribution in [-0.2, 0) is 0 Å². The van der Waals surface area contributed by atoms with Crippen LogP contribution in [0.25, 0.3) is 5.69 Å². The fraction of sp³-hybridized carbons (Fsp3) is 0.111. The molecule has 0 aliphatic heterocycles. The summed E-state index contributed by atoms with van der Waals surface area (Å²) in [5.41, 5.74) is 4.28. The van der Waals surface area contributed by atoms with E-state index in [1.165, 1.54) is 0 Å². The van der Waals surface area contributed by atoms with Gasteiger partial charge in [0, 0.05) is 16.9 Å². The molecule has 0 saturated carbocycles. The third-order valence-electron chi connectivity index (χ3n) is 3.58. The molecule has 4 nitrogen and oxygen atoms in total. The highest BCUT2D eigenvalue weighted by atomic mass is 35.5. The zero-order valence-electron chi connectivity index (χ0n) is 12.9. The van der Waals surface area contributed by atoms with Crippen molar-refractivity contribution >= 4 is 23.2 Å². The van der Waals surface area contributed by atoms with Gasteiger partial charge in [0.2, 0.25) is 0 Å². The van der Waals surface area contributed by atoms with Crippen molar-refractivity contribution in [2.45, 2.75) is 13.8 Å². The average molecular weight is 326 g/mol. The zero-order chi connectivity index (χ0) is 16.4. The first kappa shape index (κ1) is 15.3. The van der Waals surface area contributed by atoms with Gasteiger partial charge in [-0.2, -0.15) is 5.10 Å². The molecular weight excluding hydrogens is 310 g/mol. The van der Waals surface area contributed by atoms with Crippen LogP contribution >= 0.6 is 11.6 Å². The summed E-state index contributed by atoms with van der Waals surface area (Å²) in [6, 6.07) is 13.2. The van der Waals surface area contributed by atoms with Gasteiger partial charge < -0.3 is 5.32 Å². The lowest BCUT2D eigenvalue weighted by Gasteiger charge is -2.08. The average Bonchev–Trinajstić information content (AvgIpc) is 3.02. The first-order valence-corrected chi connectivity index (χ1v) is 7.60. The molecule has 0 atom stereocenters. The van der Waals surface area contributed by atoms with Gasteiger partial charge in [-0.25, -0.2) is 4.68 Å². The molecule has 1 amide bonds. The number of amides is 1. The van der Waals surface area contributed by atoms with Crippen LogP contribution in [0.1, 0.15) is 21.5 Å². The predicted molar refractivity (Wildman–Crippen MR) is 92.4 cm³/mol. The van der Waals surface area contributed by atoms with Gasteiger partial charge in [-0.3, -0.25) is 4.79 Å². The number of carbonyl (C=O) groups is 1. The van der Waals surface area contributed by atoms with Crippen LogP contribution in [0.5, 0.6) is 0 Å². The number of nitrogens with one attached hydrogen (secondary N) is 1. The van der Waals surface area contributed by atoms with Gasteiger partial charge in [0.15, 0.2) is 0 Å². The molecule has 0 unspecified atom stereocenters. The Morgan fingerprint density at radius 1 is 1.13 bits per heavy atom. The highest BCUT2D eigenvalue weighted by Crippen LogP contribution is 2.18. The number of hydrogen-bond donors (Lipinski definition) is 1. The number of rotatable bonds is 3. The molecule has 1 aromatic heterocycles. The molecule has 0 radical (unpaired) electrons. The van der Waals surface area contributed by atoms with Crippen LogP contribution in [0.3, 0.4) is 0 Å². The van der Waals surface area contributed by atoms with E-state index in [9.17, 15) is 4.79 Å². The van der Waals surface area contributed by atoms with Crippen LogP contribution in [0, 0.1) is 13.8 Å². The van der Waals surface area contributed by atoms with E-state index in [0.29, 0.717) is 10.6 Å². The first-order valence-electron chi connectivity index (χ1n) is 7.22. The summed E-state index contributed by atoms with van der Waals surface area (Å²) in [6.07, 6.45) is 3.25. The Bertz CT molecular complexity index is 853. The number of halogens is 1. The molecule has 3 rings (SSSR count). The number of aryl methyl sites for hydroxylation is 2. The van der Waals surface area contributed by atoms with E-state index in [4.69, 9.17) is 11.6 Å². The fourth-order valence-electron chi connectivity index (χ4n) is 2.24. The van der Waals surface area contributed by atoms with Crippen molar-refractivity contribution in [3.63, 3.8) is 0 Å². The van der Waals surface area contributed by atoms with E-state index in [2.05, 4.69) is 10.4 Å². The largest absolute Gasteiger partial charge is 0.322 e. The topological polar surface area (TPSA) is 46.9 Å². The molecule has 0 aliphatic rings. The molecule has 0 fully saturated rings. The summed E-state index contributed by atoms with van der Waals surface area (Å²) in [5.74, 6) is -0.182. The second-order valence-electron chi connectivity index (χ2n) is 5.42. The van der Waals surface area contributed by atoms with E-state index in [1.807, 2.05) is 44.2 Å². The van der Waals surface area contributed by atoms with Crippen molar-refractivity contribution < 1.29 is 4.79 Å². The van der Waals surface area contributed by atoms with Gasteiger partial charge in [-0.1, -0.05) is 23.7 Å². The summed E-state index contributed by atoms with van der Waals surface area (Å²) < 4.78 is 1.65. The van der Waals surface area contributed by atoms with E-state index in [-0.39, 0.29) is 5.91 Å². The maximum Gasteiger partial charge on any atom is 0.258 e. The fourth-order valence-corrected chi connectivity index (χ4v) is 2.37. The number of hydrogen-bond acceptors (Lipinski definition) is 2. The monoisotopic (exact) mass is 325 g/mol. The van der Waals surface area contributed by atoms with Gasteiger partial charge in [0.25, 0.3) is 5.91 Å². The summed E-state index contributed by atoms with van der Waals surface area (Å²) in [7, 11) is 0. The molecule has 0 saturated heterocycles. The van der Waals surface area contributed by atoms with E-state index >= 15 is 0 Å². The molecule has 23 heavy (non-hydrogen) atoms. The molecule has 2 aromatic carbocycles. The van der Waals surface area contributed by atoms with E-state index in [0.717, 1.165) is 22.5 Å². The highest BCUT2D eigenvalue weighted by Gasteiger charge is 2.11. The van der Waals surface area contributed by atoms with Crippen molar-refractivity contribution in [1.82, 2.24) is 9.78 Å². The number of carbonyl (C=O) groups excluding carboxylic acids is 1. The number of nitrogens with zero attached hydrogens (tertiary/aromatic N) is 2. The summed E-state index contributed by atoms with van der Waals surface area (Å²) in [4.78, 5) is 12.4. The van der Waals surface area contributed by atoms with Gasteiger partial charge in [-0.15, -0.1) is 0 Å². The van der Waals surface area contributed by atoms with Crippen molar-refractivity contribution in [3.05, 3.63) is 76.6 Å². The Morgan fingerprint density at radius 3 is 2.61 bits per heavy atom. The zero-order valence-corrected chi connectivity index (χ0v) is 13.6. The minimum absolute atomic E-state index is 0.182. The van der Waals surface area contributed by atoms with Crippen LogP contribution in [0.4, 0.5) is 5.69 Å². The number of anilines is 1. The summed E-state index contributed by atoms with van der Waals surface area (Å²) >= 11 is 5.88. The molecule has 1 heterocycles. The Hall–Kier alpha value is -2.59. The van der Waals surface area contributed by atoms with E-state index < -0.39 is 0 Å². The molecule has 116 valence electrons. The van der Waals surface area contributed by atoms with Crippen molar-refractivity contribution in [2.75, 3.05) is 5.32 Å². The molecule has 0 spiro atoms. The number of benzene rings is 2. The third kappa shape index (κ3) is 3.43. The van der Waals surface area contributed by atoms with Gasteiger partial charge >= 0.3 is 0 Å². The third-order valence-corrected chi connectivity index (χ3v) is 3.83. The predicted octanol–water partition coefficient (Wildman–Crippen LogP) is 4.39. The van der Waals surface area contributed by atoms with Gasteiger partial charge in [-0.05, 0) is 55.3 Å². The molecule has 3 aromatic rings. The van der Waals surface area contributed by atoms with Gasteiger partial charge in [0.1, 0.15) is 0 Å². The smallest absolute Gasteiger partial charge is 0.258 e. The Morgan fingerprint density at radius 2 is 1.87 bits per heavy atom. The van der Waals surface area contributed by atoms with Crippen LogP contribution < -0.4 is 5.32 Å². The van der Waals surface area contributed by atoms with Crippen LogP contribution in [-0.4, -0.2) is 15.7 Å². The lowest BCUT2D eigenvalue weighted by atomic mass is 10.1. The normalized spacial score (nSPS) is 10.6. The second-order valence-corrected chi connectivity index (χ2v) is 5.86. The highest BCUT2D eigenvalue weighted by molar-refractivity contribution is 6.30.